The summed E-state index contributed by atoms with van der Waals surface area (Å²) in [6, 6.07) is 0. The van der Waals surface area contributed by atoms with Gasteiger partial charge in [0.15, 0.2) is 0 Å². The predicted molar refractivity (Wildman–Crippen MR) is 88.1 cm³/mol. The molecule has 2 nitrogen and oxygen atoms in total. The average molecular weight is 289 g/mol. The zero-order valence-electron chi connectivity index (χ0n) is 13.7. The van der Waals surface area contributed by atoms with Gasteiger partial charge in [-0.15, -0.1) is 0 Å². The van der Waals surface area contributed by atoms with Crippen molar-refractivity contribution in [3.63, 3.8) is 0 Å². The van der Waals surface area contributed by atoms with Crippen molar-refractivity contribution in [2.75, 3.05) is 12.3 Å². The van der Waals surface area contributed by atoms with E-state index in [0.29, 0.717) is 11.8 Å². The van der Waals surface area contributed by atoms with Crippen LogP contribution in [-0.4, -0.2) is 12.3 Å². The second-order valence-electron chi connectivity index (χ2n) is 6.15. The summed E-state index contributed by atoms with van der Waals surface area (Å²) < 4.78 is 12.7. The van der Waals surface area contributed by atoms with Crippen LogP contribution in [0.1, 0.15) is 79.1 Å². The molecule has 0 aliphatic rings. The molecule has 0 rings (SSSR count). The fourth-order valence-electron chi connectivity index (χ4n) is 2.78. The summed E-state index contributed by atoms with van der Waals surface area (Å²) in [6.07, 6.45) is 11.1. The smallest absolute Gasteiger partial charge is 0.145 e. The third-order valence-corrected chi connectivity index (χ3v) is 6.49. The Bertz CT molecular complexity index is 233. The van der Waals surface area contributed by atoms with Crippen LogP contribution >= 0.6 is 7.29 Å². The Hall–Kier alpha value is 0.190. The van der Waals surface area contributed by atoms with Gasteiger partial charge in [-0.1, -0.05) is 66.2 Å². The first kappa shape index (κ1) is 19.2. The molecule has 0 amide bonds. The van der Waals surface area contributed by atoms with Crippen LogP contribution in [0.5, 0.6) is 0 Å². The molecule has 3 heteroatoms. The Morgan fingerprint density at radius 2 is 1.21 bits per heavy atom. The molecule has 116 valence electrons. The zero-order chi connectivity index (χ0) is 14.7. The minimum atomic E-state index is -2.42. The third kappa shape index (κ3) is 9.68. The Morgan fingerprint density at radius 1 is 0.842 bits per heavy atom. The van der Waals surface area contributed by atoms with Crippen molar-refractivity contribution in [3.8, 4) is 0 Å². The fourth-order valence-corrected chi connectivity index (χ4v) is 5.56. The van der Waals surface area contributed by atoms with Crippen LogP contribution in [-0.2, 0) is 4.57 Å². The van der Waals surface area contributed by atoms with Gasteiger partial charge in [0.25, 0.3) is 0 Å². The summed E-state index contributed by atoms with van der Waals surface area (Å²) in [6.45, 7) is 8.84. The molecular formula is C16H36NOP. The van der Waals surface area contributed by atoms with Gasteiger partial charge in [-0.2, -0.15) is 0 Å². The van der Waals surface area contributed by atoms with Crippen LogP contribution in [0.15, 0.2) is 0 Å². The van der Waals surface area contributed by atoms with Crippen LogP contribution in [0, 0.1) is 11.8 Å². The van der Waals surface area contributed by atoms with Gasteiger partial charge < -0.3 is 4.57 Å². The molecule has 0 aromatic rings. The highest BCUT2D eigenvalue weighted by atomic mass is 31.2. The summed E-state index contributed by atoms with van der Waals surface area (Å²) in [7, 11) is -2.42. The lowest BCUT2D eigenvalue weighted by atomic mass is 10.0. The highest BCUT2D eigenvalue weighted by molar-refractivity contribution is 7.61. The molecule has 2 N–H and O–H groups in total. The Balaban J connectivity index is 4.29. The van der Waals surface area contributed by atoms with Crippen molar-refractivity contribution in [1.29, 1.82) is 0 Å². The van der Waals surface area contributed by atoms with Gasteiger partial charge in [0, 0.05) is 12.3 Å². The summed E-state index contributed by atoms with van der Waals surface area (Å²) in [5.41, 5.74) is 6.17. The van der Waals surface area contributed by atoms with Crippen molar-refractivity contribution >= 4 is 7.29 Å². The maximum atomic E-state index is 12.7. The van der Waals surface area contributed by atoms with E-state index in [2.05, 4.69) is 27.7 Å². The van der Waals surface area contributed by atoms with Crippen LogP contribution in [0.25, 0.3) is 0 Å². The SMILES string of the molecule is CCCCC(CC)CP(N)(=O)CC(CC)CCCC. The van der Waals surface area contributed by atoms with Gasteiger partial charge in [-0.05, 0) is 24.7 Å². The van der Waals surface area contributed by atoms with E-state index in [1.54, 1.807) is 0 Å². The highest BCUT2D eigenvalue weighted by Crippen LogP contribution is 2.43. The number of rotatable bonds is 12. The van der Waals surface area contributed by atoms with Gasteiger partial charge in [0.05, 0.1) is 0 Å². The van der Waals surface area contributed by atoms with Gasteiger partial charge in [0.1, 0.15) is 7.29 Å². The molecule has 0 aliphatic carbocycles. The molecule has 0 aromatic heterocycles. The second kappa shape index (κ2) is 10.9. The molecule has 2 unspecified atom stereocenters. The minimum Gasteiger partial charge on any atom is -0.307 e. The van der Waals surface area contributed by atoms with Crippen LogP contribution in [0.4, 0.5) is 0 Å². The second-order valence-corrected chi connectivity index (χ2v) is 8.79. The topological polar surface area (TPSA) is 43.1 Å². The van der Waals surface area contributed by atoms with Crippen LogP contribution in [0.2, 0.25) is 0 Å². The lowest BCUT2D eigenvalue weighted by Crippen LogP contribution is -2.17. The fraction of sp³-hybridized carbons (Fsp3) is 1.00. The molecule has 0 heterocycles. The molecule has 0 fully saturated rings. The first-order valence-corrected chi connectivity index (χ1v) is 10.5. The number of nitrogens with two attached hydrogens (primary N) is 1. The van der Waals surface area contributed by atoms with Gasteiger partial charge >= 0.3 is 0 Å². The summed E-state index contributed by atoms with van der Waals surface area (Å²) >= 11 is 0. The van der Waals surface area contributed by atoms with Crippen molar-refractivity contribution < 1.29 is 4.57 Å². The van der Waals surface area contributed by atoms with Crippen molar-refractivity contribution in [2.24, 2.45) is 17.3 Å². The Labute approximate surface area is 121 Å². The normalized spacial score (nSPS) is 17.9. The molecule has 0 aliphatic heterocycles. The molecule has 0 saturated heterocycles. The van der Waals surface area contributed by atoms with Crippen LogP contribution in [0.3, 0.4) is 0 Å². The van der Waals surface area contributed by atoms with Crippen molar-refractivity contribution in [3.05, 3.63) is 0 Å². The van der Waals surface area contributed by atoms with Gasteiger partial charge in [0.2, 0.25) is 0 Å². The highest BCUT2D eigenvalue weighted by Gasteiger charge is 2.24. The largest absolute Gasteiger partial charge is 0.307 e. The van der Waals surface area contributed by atoms with E-state index in [-0.39, 0.29) is 0 Å². The predicted octanol–water partition coefficient (Wildman–Crippen LogP) is 5.66. The molecule has 0 aromatic carbocycles. The summed E-state index contributed by atoms with van der Waals surface area (Å²) in [4.78, 5) is 0. The van der Waals surface area contributed by atoms with Crippen molar-refractivity contribution in [2.45, 2.75) is 79.1 Å². The van der Waals surface area contributed by atoms with Crippen molar-refractivity contribution in [1.82, 2.24) is 0 Å². The van der Waals surface area contributed by atoms with E-state index in [4.69, 9.17) is 5.50 Å². The average Bonchev–Trinajstić information content (AvgIpc) is 2.39. The standard InChI is InChI=1S/C16H36NOP/c1-5-9-11-15(7-3)13-19(17,18)14-16(8-4)12-10-6-2/h15-16H,5-14H2,1-4H3,(H2,17,18). The third-order valence-electron chi connectivity index (χ3n) is 4.22. The monoisotopic (exact) mass is 289 g/mol. The molecular weight excluding hydrogens is 253 g/mol. The van der Waals surface area contributed by atoms with E-state index >= 15 is 0 Å². The van der Waals surface area contributed by atoms with E-state index in [1.165, 1.54) is 38.5 Å². The van der Waals surface area contributed by atoms with E-state index in [0.717, 1.165) is 25.2 Å². The lowest BCUT2D eigenvalue weighted by Gasteiger charge is -2.24. The maximum Gasteiger partial charge on any atom is 0.145 e. The maximum absolute atomic E-state index is 12.7. The molecule has 0 saturated carbocycles. The van der Waals surface area contributed by atoms with E-state index < -0.39 is 7.29 Å². The molecule has 0 spiro atoms. The summed E-state index contributed by atoms with van der Waals surface area (Å²) in [5, 5.41) is 0. The van der Waals surface area contributed by atoms with Gasteiger partial charge in [-0.25, -0.2) is 0 Å². The van der Waals surface area contributed by atoms with Gasteiger partial charge in [-0.3, -0.25) is 5.50 Å². The lowest BCUT2D eigenvalue weighted by molar-refractivity contribution is 0.463. The number of unbranched alkanes of at least 4 members (excludes halogenated alkanes) is 2. The number of hydrogen-bond acceptors (Lipinski definition) is 1. The first-order valence-electron chi connectivity index (χ1n) is 8.35. The van der Waals surface area contributed by atoms with Crippen LogP contribution < -0.4 is 5.50 Å². The van der Waals surface area contributed by atoms with E-state index in [1.807, 2.05) is 0 Å². The Morgan fingerprint density at radius 3 is 1.47 bits per heavy atom. The Kier molecular flexibility index (Phi) is 11.0. The van der Waals surface area contributed by atoms with E-state index in [9.17, 15) is 4.57 Å². The molecule has 19 heavy (non-hydrogen) atoms. The zero-order valence-corrected chi connectivity index (χ0v) is 14.6. The molecule has 0 radical (unpaired) electrons. The number of hydrogen-bond donors (Lipinski definition) is 1. The quantitative estimate of drug-likeness (QED) is 0.471. The minimum absolute atomic E-state index is 0.569. The molecule has 2 atom stereocenters. The summed E-state index contributed by atoms with van der Waals surface area (Å²) in [5.74, 6) is 1.14. The first-order chi connectivity index (χ1) is 8.99. The molecule has 0 bridgehead atoms.